The predicted octanol–water partition coefficient (Wildman–Crippen LogP) is 1.44. The minimum absolute atomic E-state index is 0.173. The van der Waals surface area contributed by atoms with Crippen molar-refractivity contribution in [3.05, 3.63) is 0 Å². The Hall–Kier alpha value is -0.810. The highest BCUT2D eigenvalue weighted by atomic mass is 16.6. The third-order valence-corrected chi connectivity index (χ3v) is 2.44. The minimum atomic E-state index is -2.07. The Morgan fingerprint density at radius 2 is 1.88 bits per heavy atom. The SMILES string of the molecule is CC(C)(C)OC(=O)N1CCCCCC1(O)O. The fourth-order valence-electron chi connectivity index (χ4n) is 1.68. The van der Waals surface area contributed by atoms with Gasteiger partial charge in [0, 0.05) is 13.0 Å². The summed E-state index contributed by atoms with van der Waals surface area (Å²) in [4.78, 5) is 12.8. The molecule has 1 amide bonds. The van der Waals surface area contributed by atoms with Crippen LogP contribution in [0.5, 0.6) is 0 Å². The number of aliphatic hydroxyl groups is 2. The van der Waals surface area contributed by atoms with Crippen molar-refractivity contribution in [3.63, 3.8) is 0 Å². The number of ether oxygens (including phenoxy) is 1. The molecule has 1 fully saturated rings. The molecule has 5 nitrogen and oxygen atoms in total. The number of carbonyl (C=O) groups excluding carboxylic acids is 1. The normalized spacial score (nSPS) is 21.4. The largest absolute Gasteiger partial charge is 0.444 e. The molecule has 0 aromatic heterocycles. The van der Waals surface area contributed by atoms with Crippen LogP contribution in [0.4, 0.5) is 4.79 Å². The molecule has 0 aromatic rings. The van der Waals surface area contributed by atoms with Gasteiger partial charge in [-0.15, -0.1) is 0 Å². The van der Waals surface area contributed by atoms with Gasteiger partial charge in [-0.25, -0.2) is 4.79 Å². The predicted molar refractivity (Wildman–Crippen MR) is 58.6 cm³/mol. The average Bonchev–Trinajstić information content (AvgIpc) is 2.22. The smallest absolute Gasteiger partial charge is 0.414 e. The van der Waals surface area contributed by atoms with E-state index in [0.717, 1.165) is 17.7 Å². The molecular weight excluding hydrogens is 210 g/mol. The van der Waals surface area contributed by atoms with E-state index in [4.69, 9.17) is 4.74 Å². The minimum Gasteiger partial charge on any atom is -0.444 e. The van der Waals surface area contributed by atoms with Crippen LogP contribution in [0.2, 0.25) is 0 Å². The van der Waals surface area contributed by atoms with E-state index in [1.54, 1.807) is 20.8 Å². The molecule has 1 rings (SSSR count). The maximum atomic E-state index is 11.8. The van der Waals surface area contributed by atoms with Crippen LogP contribution in [-0.2, 0) is 4.74 Å². The van der Waals surface area contributed by atoms with Crippen molar-refractivity contribution in [2.75, 3.05) is 6.54 Å². The standard InChI is InChI=1S/C11H21NO4/c1-10(2,3)16-9(13)12-8-6-4-5-7-11(12,14)15/h14-15H,4-8H2,1-3H3. The van der Waals surface area contributed by atoms with Crippen LogP contribution in [0, 0.1) is 0 Å². The van der Waals surface area contributed by atoms with Gasteiger partial charge < -0.3 is 14.9 Å². The number of carbonyl (C=O) groups is 1. The second kappa shape index (κ2) is 4.59. The van der Waals surface area contributed by atoms with E-state index in [2.05, 4.69) is 0 Å². The summed E-state index contributed by atoms with van der Waals surface area (Å²) in [5, 5.41) is 19.5. The molecule has 0 aromatic carbocycles. The highest BCUT2D eigenvalue weighted by molar-refractivity contribution is 5.68. The second-order valence-electron chi connectivity index (χ2n) is 5.22. The molecule has 1 aliphatic rings. The first-order chi connectivity index (χ1) is 7.22. The van der Waals surface area contributed by atoms with Crippen LogP contribution in [0.1, 0.15) is 46.5 Å². The van der Waals surface area contributed by atoms with Gasteiger partial charge in [0.15, 0.2) is 0 Å². The van der Waals surface area contributed by atoms with Crippen LogP contribution in [0.15, 0.2) is 0 Å². The zero-order valence-corrected chi connectivity index (χ0v) is 10.2. The van der Waals surface area contributed by atoms with Crippen molar-refractivity contribution in [2.24, 2.45) is 0 Å². The Bertz CT molecular complexity index is 257. The fourth-order valence-corrected chi connectivity index (χ4v) is 1.68. The molecule has 1 aliphatic heterocycles. The van der Waals surface area contributed by atoms with Crippen LogP contribution < -0.4 is 0 Å². The molecule has 5 heteroatoms. The summed E-state index contributed by atoms with van der Waals surface area (Å²) < 4.78 is 5.14. The molecule has 0 saturated carbocycles. The lowest BCUT2D eigenvalue weighted by Gasteiger charge is -2.34. The Kier molecular flexibility index (Phi) is 3.80. The molecule has 0 spiro atoms. The van der Waals surface area contributed by atoms with Gasteiger partial charge in [0.1, 0.15) is 5.60 Å². The lowest BCUT2D eigenvalue weighted by molar-refractivity contribution is -0.252. The summed E-state index contributed by atoms with van der Waals surface area (Å²) >= 11 is 0. The van der Waals surface area contributed by atoms with E-state index in [9.17, 15) is 15.0 Å². The Morgan fingerprint density at radius 3 is 2.44 bits per heavy atom. The van der Waals surface area contributed by atoms with Crippen molar-refractivity contribution in [1.29, 1.82) is 0 Å². The van der Waals surface area contributed by atoms with E-state index >= 15 is 0 Å². The van der Waals surface area contributed by atoms with Gasteiger partial charge in [0.25, 0.3) is 5.91 Å². The van der Waals surface area contributed by atoms with Crippen molar-refractivity contribution >= 4 is 6.09 Å². The van der Waals surface area contributed by atoms with E-state index < -0.39 is 17.6 Å². The number of nitrogens with zero attached hydrogens (tertiary/aromatic N) is 1. The summed E-state index contributed by atoms with van der Waals surface area (Å²) in [6, 6.07) is 0. The molecular formula is C11H21NO4. The Morgan fingerprint density at radius 1 is 1.25 bits per heavy atom. The quantitative estimate of drug-likeness (QED) is 0.619. The molecule has 2 N–H and O–H groups in total. The zero-order valence-electron chi connectivity index (χ0n) is 10.2. The summed E-state index contributed by atoms with van der Waals surface area (Å²) in [6.45, 7) is 5.57. The molecule has 0 unspecified atom stereocenters. The maximum absolute atomic E-state index is 11.8. The van der Waals surface area contributed by atoms with E-state index in [1.165, 1.54) is 0 Å². The first-order valence-corrected chi connectivity index (χ1v) is 5.68. The molecule has 1 saturated heterocycles. The summed E-state index contributed by atoms with van der Waals surface area (Å²) in [5.41, 5.74) is -0.626. The molecule has 0 radical (unpaired) electrons. The topological polar surface area (TPSA) is 70.0 Å². The zero-order chi connectivity index (χ0) is 12.4. The van der Waals surface area contributed by atoms with Crippen molar-refractivity contribution < 1.29 is 19.7 Å². The third-order valence-electron chi connectivity index (χ3n) is 2.44. The van der Waals surface area contributed by atoms with Crippen LogP contribution in [-0.4, -0.2) is 39.3 Å². The van der Waals surface area contributed by atoms with Crippen molar-refractivity contribution in [3.8, 4) is 0 Å². The lowest BCUT2D eigenvalue weighted by Crippen LogP contribution is -2.52. The van der Waals surface area contributed by atoms with Gasteiger partial charge in [0.2, 0.25) is 0 Å². The summed E-state index contributed by atoms with van der Waals surface area (Å²) in [7, 11) is 0. The van der Waals surface area contributed by atoms with E-state index in [1.807, 2.05) is 0 Å². The Labute approximate surface area is 96.0 Å². The molecule has 0 atom stereocenters. The number of hydrogen-bond donors (Lipinski definition) is 2. The van der Waals surface area contributed by atoms with Crippen LogP contribution in [0.25, 0.3) is 0 Å². The molecule has 0 bridgehead atoms. The number of amides is 1. The van der Waals surface area contributed by atoms with Crippen molar-refractivity contribution in [1.82, 2.24) is 4.90 Å². The molecule has 94 valence electrons. The van der Waals surface area contributed by atoms with Crippen LogP contribution in [0.3, 0.4) is 0 Å². The van der Waals surface area contributed by atoms with Gasteiger partial charge in [0.05, 0.1) is 0 Å². The van der Waals surface area contributed by atoms with Gasteiger partial charge in [-0.2, -0.15) is 0 Å². The lowest BCUT2D eigenvalue weighted by atomic mass is 10.2. The average molecular weight is 231 g/mol. The van der Waals surface area contributed by atoms with Gasteiger partial charge in [-0.1, -0.05) is 6.42 Å². The van der Waals surface area contributed by atoms with Crippen molar-refractivity contribution in [2.45, 2.75) is 58.0 Å². The van der Waals surface area contributed by atoms with E-state index in [0.29, 0.717) is 13.0 Å². The van der Waals surface area contributed by atoms with Gasteiger partial charge in [-0.3, -0.25) is 4.90 Å². The molecule has 1 heterocycles. The van der Waals surface area contributed by atoms with Gasteiger partial charge in [-0.05, 0) is 33.6 Å². The molecule has 16 heavy (non-hydrogen) atoms. The molecule has 0 aliphatic carbocycles. The number of rotatable bonds is 0. The number of hydrogen-bond acceptors (Lipinski definition) is 4. The fraction of sp³-hybridized carbons (Fsp3) is 0.909. The summed E-state index contributed by atoms with van der Waals surface area (Å²) in [6.07, 6.45) is 1.86. The summed E-state index contributed by atoms with van der Waals surface area (Å²) in [5.74, 6) is -2.07. The van der Waals surface area contributed by atoms with Gasteiger partial charge >= 0.3 is 6.09 Å². The highest BCUT2D eigenvalue weighted by Gasteiger charge is 2.38. The Balaban J connectivity index is 2.71. The highest BCUT2D eigenvalue weighted by Crippen LogP contribution is 2.24. The second-order valence-corrected chi connectivity index (χ2v) is 5.22. The first-order valence-electron chi connectivity index (χ1n) is 5.68. The third kappa shape index (κ3) is 3.64. The number of likely N-dealkylation sites (tertiary alicyclic amines) is 1. The van der Waals surface area contributed by atoms with E-state index in [-0.39, 0.29) is 6.42 Å². The first kappa shape index (κ1) is 13.3. The van der Waals surface area contributed by atoms with Crippen LogP contribution >= 0.6 is 0 Å². The maximum Gasteiger partial charge on any atom is 0.414 e. The monoisotopic (exact) mass is 231 g/mol.